The lowest BCUT2D eigenvalue weighted by molar-refractivity contribution is -0.115. The van der Waals surface area contributed by atoms with Gasteiger partial charge in [-0.25, -0.2) is 9.38 Å². The zero-order valence-electron chi connectivity index (χ0n) is 16.7. The lowest BCUT2D eigenvalue weighted by Crippen LogP contribution is -2.19. The highest BCUT2D eigenvalue weighted by Gasteiger charge is 2.24. The average Bonchev–Trinajstić information content (AvgIpc) is 3.16. The molecule has 7 heteroatoms. The molecule has 1 N–H and O–H groups in total. The van der Waals surface area contributed by atoms with Crippen molar-refractivity contribution in [1.82, 2.24) is 9.88 Å². The maximum atomic E-state index is 13.5. The molecule has 30 heavy (non-hydrogen) atoms. The van der Waals surface area contributed by atoms with Gasteiger partial charge in [-0.15, -0.1) is 0 Å². The Bertz CT molecular complexity index is 1230. The highest BCUT2D eigenvalue weighted by molar-refractivity contribution is 8.18. The number of aromatic nitrogens is 1. The van der Waals surface area contributed by atoms with Gasteiger partial charge < -0.3 is 9.88 Å². The first-order valence-electron chi connectivity index (χ1n) is 9.32. The summed E-state index contributed by atoms with van der Waals surface area (Å²) >= 11 is 7.26. The van der Waals surface area contributed by atoms with Crippen LogP contribution in [0.5, 0.6) is 0 Å². The molecule has 0 unspecified atom stereocenters. The molecule has 1 fully saturated rings. The molecule has 1 aromatic heterocycles. The minimum Gasteiger partial charge on any atom is -0.318 e. The van der Waals surface area contributed by atoms with Crippen LogP contribution in [-0.2, 0) is 4.79 Å². The summed E-state index contributed by atoms with van der Waals surface area (Å²) in [5.41, 5.74) is 5.47. The van der Waals surface area contributed by atoms with Crippen molar-refractivity contribution in [2.24, 2.45) is 4.99 Å². The summed E-state index contributed by atoms with van der Waals surface area (Å²) in [6.07, 6.45) is 1.85. The first kappa shape index (κ1) is 20.4. The molecule has 4 rings (SSSR count). The van der Waals surface area contributed by atoms with Gasteiger partial charge in [-0.1, -0.05) is 23.7 Å². The molecule has 2 heterocycles. The summed E-state index contributed by atoms with van der Waals surface area (Å²) in [5.74, 6) is -0.634. The lowest BCUT2D eigenvalue weighted by Gasteiger charge is -2.10. The van der Waals surface area contributed by atoms with Crippen molar-refractivity contribution >= 4 is 46.2 Å². The number of hydrogen-bond donors (Lipinski definition) is 1. The minimum atomic E-state index is -0.454. The second-order valence-electron chi connectivity index (χ2n) is 7.08. The van der Waals surface area contributed by atoms with E-state index >= 15 is 0 Å². The van der Waals surface area contributed by atoms with Crippen molar-refractivity contribution in [3.63, 3.8) is 0 Å². The number of aliphatic imine (C=N–C) groups is 1. The Balaban J connectivity index is 1.65. The number of carbonyl (C=O) groups is 1. The highest BCUT2D eigenvalue weighted by atomic mass is 35.5. The third kappa shape index (κ3) is 4.06. The molecule has 0 saturated carbocycles. The van der Waals surface area contributed by atoms with Crippen molar-refractivity contribution in [2.45, 2.75) is 20.8 Å². The van der Waals surface area contributed by atoms with Crippen LogP contribution in [-0.4, -0.2) is 15.6 Å². The number of thioether (sulfide) groups is 1. The third-order valence-electron chi connectivity index (χ3n) is 4.80. The van der Waals surface area contributed by atoms with E-state index in [0.29, 0.717) is 10.1 Å². The van der Waals surface area contributed by atoms with Crippen molar-refractivity contribution in [2.75, 3.05) is 0 Å². The molecule has 1 aliphatic heterocycles. The van der Waals surface area contributed by atoms with Crippen LogP contribution in [0.1, 0.15) is 22.5 Å². The summed E-state index contributed by atoms with van der Waals surface area (Å²) in [6.45, 7) is 5.91. The van der Waals surface area contributed by atoms with Crippen LogP contribution in [0.3, 0.4) is 0 Å². The van der Waals surface area contributed by atoms with E-state index in [0.717, 1.165) is 33.9 Å². The minimum absolute atomic E-state index is 0.0719. The second kappa shape index (κ2) is 8.13. The Morgan fingerprint density at radius 1 is 1.13 bits per heavy atom. The van der Waals surface area contributed by atoms with Crippen molar-refractivity contribution in [3.8, 4) is 5.69 Å². The molecule has 3 aromatic rings. The first-order chi connectivity index (χ1) is 14.3. The van der Waals surface area contributed by atoms with Gasteiger partial charge in [0.05, 0.1) is 15.6 Å². The predicted molar refractivity (Wildman–Crippen MR) is 122 cm³/mol. The quantitative estimate of drug-likeness (QED) is 0.502. The summed E-state index contributed by atoms with van der Waals surface area (Å²) in [7, 11) is 0. The van der Waals surface area contributed by atoms with E-state index in [9.17, 15) is 9.18 Å². The Kier molecular flexibility index (Phi) is 5.54. The van der Waals surface area contributed by atoms with E-state index in [1.807, 2.05) is 61.7 Å². The maximum Gasteiger partial charge on any atom is 0.264 e. The van der Waals surface area contributed by atoms with Crippen LogP contribution < -0.4 is 5.32 Å². The SMILES string of the molecule is Cc1cccc(N=C2NC(=O)/C(=C/c3cc(C)n(-c4ccc(F)c(Cl)c4)c3C)S2)c1. The van der Waals surface area contributed by atoms with Crippen LogP contribution in [0, 0.1) is 26.6 Å². The van der Waals surface area contributed by atoms with E-state index < -0.39 is 5.82 Å². The molecule has 152 valence electrons. The molecule has 0 atom stereocenters. The van der Waals surface area contributed by atoms with Gasteiger partial charge in [0.15, 0.2) is 5.17 Å². The number of benzene rings is 2. The van der Waals surface area contributed by atoms with Crippen LogP contribution in [0.15, 0.2) is 58.4 Å². The molecule has 2 aromatic carbocycles. The highest BCUT2D eigenvalue weighted by Crippen LogP contribution is 2.31. The van der Waals surface area contributed by atoms with E-state index in [4.69, 9.17) is 11.6 Å². The molecular formula is C23H19ClFN3OS. The number of amides is 1. The monoisotopic (exact) mass is 439 g/mol. The van der Waals surface area contributed by atoms with E-state index in [-0.39, 0.29) is 10.9 Å². The van der Waals surface area contributed by atoms with Crippen molar-refractivity contribution in [1.29, 1.82) is 0 Å². The number of carbonyl (C=O) groups excluding carboxylic acids is 1. The zero-order chi connectivity index (χ0) is 21.4. The molecule has 0 aliphatic carbocycles. The fourth-order valence-corrected chi connectivity index (χ4v) is 4.40. The number of aryl methyl sites for hydroxylation is 2. The Morgan fingerprint density at radius 3 is 2.67 bits per heavy atom. The Hall–Kier alpha value is -2.83. The summed E-state index contributed by atoms with van der Waals surface area (Å²) < 4.78 is 15.5. The molecule has 1 amide bonds. The fraction of sp³-hybridized carbons (Fsp3) is 0.130. The first-order valence-corrected chi connectivity index (χ1v) is 10.5. The van der Waals surface area contributed by atoms with Gasteiger partial charge in [-0.3, -0.25) is 4.79 Å². The summed E-state index contributed by atoms with van der Waals surface area (Å²) in [4.78, 5) is 17.5. The number of halogens is 2. The van der Waals surface area contributed by atoms with E-state index in [1.54, 1.807) is 12.1 Å². The predicted octanol–water partition coefficient (Wildman–Crippen LogP) is 6.09. The zero-order valence-corrected chi connectivity index (χ0v) is 18.2. The molecule has 0 radical (unpaired) electrons. The van der Waals surface area contributed by atoms with Crippen molar-refractivity contribution in [3.05, 3.63) is 86.8 Å². The molecule has 1 aliphatic rings. The normalized spacial score (nSPS) is 16.5. The Labute approximate surface area is 183 Å². The molecular weight excluding hydrogens is 421 g/mol. The largest absolute Gasteiger partial charge is 0.318 e. The van der Waals surface area contributed by atoms with Crippen LogP contribution >= 0.6 is 23.4 Å². The van der Waals surface area contributed by atoms with Crippen LogP contribution in [0.4, 0.5) is 10.1 Å². The molecule has 0 bridgehead atoms. The van der Waals surface area contributed by atoms with Gasteiger partial charge in [0.2, 0.25) is 0 Å². The smallest absolute Gasteiger partial charge is 0.264 e. The summed E-state index contributed by atoms with van der Waals surface area (Å²) in [5, 5.41) is 3.44. The van der Waals surface area contributed by atoms with Gasteiger partial charge in [-0.05, 0) is 86.1 Å². The molecule has 0 spiro atoms. The van der Waals surface area contributed by atoms with Gasteiger partial charge in [0.1, 0.15) is 5.82 Å². The Morgan fingerprint density at radius 2 is 1.93 bits per heavy atom. The van der Waals surface area contributed by atoms with Crippen LogP contribution in [0.25, 0.3) is 11.8 Å². The fourth-order valence-electron chi connectivity index (χ4n) is 3.39. The van der Waals surface area contributed by atoms with Crippen LogP contribution in [0.2, 0.25) is 5.02 Å². The van der Waals surface area contributed by atoms with Gasteiger partial charge in [0.25, 0.3) is 5.91 Å². The average molecular weight is 440 g/mol. The standard InChI is InChI=1S/C23H19ClFN3OS/c1-13-5-4-6-17(9-13)26-23-27-22(29)21(30-23)11-16-10-14(2)28(15(16)3)18-7-8-20(25)19(24)12-18/h4-12H,1-3H3,(H,26,27,29)/b21-11-. The number of rotatable bonds is 3. The topological polar surface area (TPSA) is 46.4 Å². The summed E-state index contributed by atoms with van der Waals surface area (Å²) in [6, 6.07) is 14.4. The molecule has 4 nitrogen and oxygen atoms in total. The number of nitrogens with one attached hydrogen (secondary N) is 1. The van der Waals surface area contributed by atoms with Crippen molar-refractivity contribution < 1.29 is 9.18 Å². The maximum absolute atomic E-state index is 13.5. The number of amidine groups is 1. The van der Waals surface area contributed by atoms with Gasteiger partial charge in [-0.2, -0.15) is 0 Å². The lowest BCUT2D eigenvalue weighted by atomic mass is 10.2. The second-order valence-corrected chi connectivity index (χ2v) is 8.52. The van der Waals surface area contributed by atoms with E-state index in [2.05, 4.69) is 10.3 Å². The van der Waals surface area contributed by atoms with E-state index in [1.165, 1.54) is 17.8 Å². The van der Waals surface area contributed by atoms with Gasteiger partial charge in [0, 0.05) is 17.1 Å². The number of hydrogen-bond acceptors (Lipinski definition) is 3. The van der Waals surface area contributed by atoms with Gasteiger partial charge >= 0.3 is 0 Å². The number of nitrogens with zero attached hydrogens (tertiary/aromatic N) is 2. The third-order valence-corrected chi connectivity index (χ3v) is 6.00. The molecule has 1 saturated heterocycles.